The van der Waals surface area contributed by atoms with E-state index in [0.29, 0.717) is 5.58 Å². The van der Waals surface area contributed by atoms with Gasteiger partial charge in [-0.15, -0.1) is 0 Å². The Morgan fingerprint density at radius 2 is 1.93 bits per heavy atom. The number of hydrogen-bond acceptors (Lipinski definition) is 5. The number of hydrogen-bond donors (Lipinski definition) is 0. The van der Waals surface area contributed by atoms with Gasteiger partial charge in [-0.05, 0) is 29.8 Å². The summed E-state index contributed by atoms with van der Waals surface area (Å²) in [6.45, 7) is 0.193. The molecule has 2 aromatic carbocycles. The second kappa shape index (κ2) is 8.19. The van der Waals surface area contributed by atoms with Crippen molar-refractivity contribution in [3.63, 3.8) is 0 Å². The van der Waals surface area contributed by atoms with E-state index in [9.17, 15) is 4.79 Å². The number of nitrogens with zero attached hydrogens (tertiary/aromatic N) is 4. The smallest absolute Gasteiger partial charge is 0.309 e. The molecule has 27 heavy (non-hydrogen) atoms. The minimum absolute atomic E-state index is 0.183. The SMILES string of the molecule is CN(C)c1ccc(/C=N/N(CCC#N)C(=O)c2cc3ccccc3o2)cc1. The first-order valence-electron chi connectivity index (χ1n) is 8.57. The Balaban J connectivity index is 1.82. The van der Waals surface area contributed by atoms with Gasteiger partial charge in [0.15, 0.2) is 5.76 Å². The average Bonchev–Trinajstić information content (AvgIpc) is 3.12. The molecule has 0 aliphatic heterocycles. The summed E-state index contributed by atoms with van der Waals surface area (Å²) in [5, 5.41) is 15.3. The Labute approximate surface area is 157 Å². The van der Waals surface area contributed by atoms with Gasteiger partial charge < -0.3 is 9.32 Å². The maximum absolute atomic E-state index is 12.8. The summed E-state index contributed by atoms with van der Waals surface area (Å²) in [4.78, 5) is 14.8. The van der Waals surface area contributed by atoms with E-state index >= 15 is 0 Å². The van der Waals surface area contributed by atoms with Crippen LogP contribution in [0.15, 0.2) is 64.1 Å². The summed E-state index contributed by atoms with van der Waals surface area (Å²) < 4.78 is 5.63. The van der Waals surface area contributed by atoms with Crippen LogP contribution in [0.25, 0.3) is 11.0 Å². The largest absolute Gasteiger partial charge is 0.451 e. The Morgan fingerprint density at radius 1 is 1.19 bits per heavy atom. The Hall–Kier alpha value is -3.59. The predicted molar refractivity (Wildman–Crippen MR) is 106 cm³/mol. The van der Waals surface area contributed by atoms with Crippen LogP contribution >= 0.6 is 0 Å². The molecule has 6 nitrogen and oxygen atoms in total. The van der Waals surface area contributed by atoms with Crippen LogP contribution in [0.1, 0.15) is 22.5 Å². The van der Waals surface area contributed by atoms with E-state index in [1.165, 1.54) is 5.01 Å². The van der Waals surface area contributed by atoms with E-state index in [1.54, 1.807) is 18.3 Å². The summed E-state index contributed by atoms with van der Waals surface area (Å²) in [6, 6.07) is 19.0. The highest BCUT2D eigenvalue weighted by molar-refractivity contribution is 5.96. The minimum Gasteiger partial charge on any atom is -0.451 e. The number of fused-ring (bicyclic) bond motifs is 1. The second-order valence-corrected chi connectivity index (χ2v) is 6.22. The van der Waals surface area contributed by atoms with E-state index in [4.69, 9.17) is 9.68 Å². The standard InChI is InChI=1S/C21H20N4O2/c1-24(2)18-10-8-16(9-11-18)15-23-25(13-5-12-22)21(26)20-14-17-6-3-4-7-19(17)27-20/h3-4,6-11,14-15H,5,13H2,1-2H3/b23-15+. The van der Waals surface area contributed by atoms with Crippen LogP contribution in [0, 0.1) is 11.3 Å². The van der Waals surface area contributed by atoms with Crippen molar-refractivity contribution in [2.75, 3.05) is 25.5 Å². The lowest BCUT2D eigenvalue weighted by Gasteiger charge is -2.14. The van der Waals surface area contributed by atoms with Gasteiger partial charge in [0.2, 0.25) is 0 Å². The number of nitriles is 1. The summed E-state index contributed by atoms with van der Waals surface area (Å²) in [5.74, 6) is -0.170. The number of amides is 1. The average molecular weight is 360 g/mol. The van der Waals surface area contributed by atoms with Crippen LogP contribution in [0.3, 0.4) is 0 Å². The topological polar surface area (TPSA) is 72.8 Å². The molecule has 0 aliphatic rings. The number of furan rings is 1. The zero-order valence-corrected chi connectivity index (χ0v) is 15.3. The number of para-hydroxylation sites is 1. The van der Waals surface area contributed by atoms with Gasteiger partial charge in [0.25, 0.3) is 0 Å². The van der Waals surface area contributed by atoms with Gasteiger partial charge in [-0.3, -0.25) is 4.79 Å². The van der Waals surface area contributed by atoms with Crippen LogP contribution in [0.2, 0.25) is 0 Å². The van der Waals surface area contributed by atoms with Gasteiger partial charge in [0, 0.05) is 25.2 Å². The van der Waals surface area contributed by atoms with Crippen molar-refractivity contribution in [3.05, 3.63) is 65.9 Å². The molecule has 0 unspecified atom stereocenters. The maximum Gasteiger partial charge on any atom is 0.309 e. The van der Waals surface area contributed by atoms with Gasteiger partial charge >= 0.3 is 5.91 Å². The lowest BCUT2D eigenvalue weighted by Crippen LogP contribution is -2.26. The van der Waals surface area contributed by atoms with Crippen LogP contribution in [0.5, 0.6) is 0 Å². The highest BCUT2D eigenvalue weighted by Gasteiger charge is 2.19. The quantitative estimate of drug-likeness (QED) is 0.494. The summed E-state index contributed by atoms with van der Waals surface area (Å²) in [5.41, 5.74) is 2.58. The zero-order chi connectivity index (χ0) is 19.2. The monoisotopic (exact) mass is 360 g/mol. The Bertz CT molecular complexity index is 964. The number of rotatable bonds is 6. The van der Waals surface area contributed by atoms with E-state index in [1.807, 2.05) is 67.5 Å². The fourth-order valence-electron chi connectivity index (χ4n) is 2.58. The molecule has 1 aromatic heterocycles. The molecule has 0 bridgehead atoms. The number of carbonyl (C=O) groups is 1. The molecule has 0 spiro atoms. The van der Waals surface area contributed by atoms with Gasteiger partial charge in [-0.25, -0.2) is 5.01 Å². The Morgan fingerprint density at radius 3 is 2.59 bits per heavy atom. The highest BCUT2D eigenvalue weighted by atomic mass is 16.3. The molecule has 0 radical (unpaired) electrons. The second-order valence-electron chi connectivity index (χ2n) is 6.22. The first kappa shape index (κ1) is 18.2. The molecule has 0 fully saturated rings. The molecule has 3 rings (SSSR count). The normalized spacial score (nSPS) is 10.9. The van der Waals surface area contributed by atoms with Crippen LogP contribution in [-0.4, -0.2) is 37.8 Å². The van der Waals surface area contributed by atoms with Gasteiger partial charge in [0.05, 0.1) is 25.2 Å². The van der Waals surface area contributed by atoms with Crippen molar-refractivity contribution in [1.82, 2.24) is 5.01 Å². The third-order valence-electron chi connectivity index (χ3n) is 4.06. The molecular weight excluding hydrogens is 340 g/mol. The third kappa shape index (κ3) is 4.33. The first-order chi connectivity index (χ1) is 13.1. The van der Waals surface area contributed by atoms with E-state index < -0.39 is 0 Å². The summed E-state index contributed by atoms with van der Waals surface area (Å²) in [7, 11) is 3.94. The van der Waals surface area contributed by atoms with Crippen molar-refractivity contribution < 1.29 is 9.21 Å². The number of hydrazone groups is 1. The number of carbonyl (C=O) groups excluding carboxylic acids is 1. The van der Waals surface area contributed by atoms with Crippen LogP contribution in [-0.2, 0) is 0 Å². The molecule has 1 amide bonds. The van der Waals surface area contributed by atoms with Crippen molar-refractivity contribution in [2.45, 2.75) is 6.42 Å². The van der Waals surface area contributed by atoms with Gasteiger partial charge in [0.1, 0.15) is 5.58 Å². The number of anilines is 1. The minimum atomic E-state index is -0.373. The maximum atomic E-state index is 12.8. The number of benzene rings is 2. The molecule has 3 aromatic rings. The summed E-state index contributed by atoms with van der Waals surface area (Å²) >= 11 is 0. The highest BCUT2D eigenvalue weighted by Crippen LogP contribution is 2.20. The van der Waals surface area contributed by atoms with E-state index in [-0.39, 0.29) is 24.6 Å². The third-order valence-corrected chi connectivity index (χ3v) is 4.06. The molecule has 6 heteroatoms. The fraction of sp³-hybridized carbons (Fsp3) is 0.190. The van der Waals surface area contributed by atoms with Gasteiger partial charge in [-0.1, -0.05) is 30.3 Å². The molecule has 0 saturated carbocycles. The van der Waals surface area contributed by atoms with E-state index in [2.05, 4.69) is 5.10 Å². The molecule has 136 valence electrons. The molecule has 0 N–H and O–H groups in total. The lowest BCUT2D eigenvalue weighted by molar-refractivity contribution is 0.0735. The molecule has 1 heterocycles. The molecule has 0 aliphatic carbocycles. The Kier molecular flexibility index (Phi) is 5.53. The van der Waals surface area contributed by atoms with Crippen LogP contribution < -0.4 is 4.90 Å². The van der Waals surface area contributed by atoms with Crippen molar-refractivity contribution >= 4 is 28.8 Å². The van der Waals surface area contributed by atoms with Crippen molar-refractivity contribution in [2.24, 2.45) is 5.10 Å². The molecule has 0 atom stereocenters. The van der Waals surface area contributed by atoms with Crippen molar-refractivity contribution in [3.8, 4) is 6.07 Å². The van der Waals surface area contributed by atoms with E-state index in [0.717, 1.165) is 16.6 Å². The molecular formula is C21H20N4O2. The first-order valence-corrected chi connectivity index (χ1v) is 8.57. The predicted octanol–water partition coefficient (Wildman–Crippen LogP) is 3.89. The summed E-state index contributed by atoms with van der Waals surface area (Å²) in [6.07, 6.45) is 1.79. The zero-order valence-electron chi connectivity index (χ0n) is 15.3. The van der Waals surface area contributed by atoms with Crippen molar-refractivity contribution in [1.29, 1.82) is 5.26 Å². The van der Waals surface area contributed by atoms with Crippen LogP contribution in [0.4, 0.5) is 5.69 Å². The lowest BCUT2D eigenvalue weighted by atomic mass is 10.2. The fourth-order valence-corrected chi connectivity index (χ4v) is 2.58. The molecule has 0 saturated heterocycles. The van der Waals surface area contributed by atoms with Gasteiger partial charge in [-0.2, -0.15) is 10.4 Å².